The second-order valence-electron chi connectivity index (χ2n) is 8.33. The van der Waals surface area contributed by atoms with Crippen LogP contribution >= 0.6 is 11.3 Å². The Labute approximate surface area is 182 Å². The summed E-state index contributed by atoms with van der Waals surface area (Å²) in [5.41, 5.74) is 1.53. The van der Waals surface area contributed by atoms with Crippen LogP contribution in [0.15, 0.2) is 36.4 Å². The highest BCUT2D eigenvalue weighted by molar-refractivity contribution is 7.18. The third kappa shape index (κ3) is 5.22. The Morgan fingerprint density at radius 2 is 1.83 bits per heavy atom. The van der Waals surface area contributed by atoms with Crippen molar-refractivity contribution in [2.24, 2.45) is 11.8 Å². The summed E-state index contributed by atoms with van der Waals surface area (Å²) in [6, 6.07) is 11.5. The zero-order valence-electron chi connectivity index (χ0n) is 18.0. The number of benzene rings is 1. The number of carboxylic acid groups (broad SMARTS) is 1. The van der Waals surface area contributed by atoms with Gasteiger partial charge in [-0.3, -0.25) is 4.79 Å². The Hall–Kier alpha value is -2.34. The van der Waals surface area contributed by atoms with E-state index in [4.69, 9.17) is 4.74 Å². The van der Waals surface area contributed by atoms with Gasteiger partial charge < -0.3 is 14.7 Å². The Bertz CT molecular complexity index is 853. The fourth-order valence-electron chi connectivity index (χ4n) is 4.38. The van der Waals surface area contributed by atoms with Crippen LogP contribution in [0.1, 0.15) is 59.3 Å². The number of carbonyl (C=O) groups is 2. The molecular formula is C24H31NO4S. The minimum absolute atomic E-state index is 0.0155. The van der Waals surface area contributed by atoms with Gasteiger partial charge in [0.2, 0.25) is 11.0 Å². The molecule has 0 aliphatic heterocycles. The highest BCUT2D eigenvalue weighted by Crippen LogP contribution is 2.45. The molecular weight excluding hydrogens is 398 g/mol. The Morgan fingerprint density at radius 3 is 2.40 bits per heavy atom. The molecule has 1 saturated carbocycles. The second kappa shape index (κ2) is 10.1. The summed E-state index contributed by atoms with van der Waals surface area (Å²) in [6.45, 7) is 6.14. The first-order valence-corrected chi connectivity index (χ1v) is 11.7. The zero-order chi connectivity index (χ0) is 21.7. The number of anilines is 1. The molecule has 0 atom stereocenters. The van der Waals surface area contributed by atoms with E-state index in [-0.39, 0.29) is 22.9 Å². The zero-order valence-corrected chi connectivity index (χ0v) is 18.8. The highest BCUT2D eigenvalue weighted by Gasteiger charge is 2.33. The van der Waals surface area contributed by atoms with Gasteiger partial charge in [0.25, 0.3) is 0 Å². The molecule has 1 aliphatic carbocycles. The second-order valence-corrected chi connectivity index (χ2v) is 9.34. The third-order valence-electron chi connectivity index (χ3n) is 5.82. The van der Waals surface area contributed by atoms with Gasteiger partial charge in [0, 0.05) is 16.8 Å². The van der Waals surface area contributed by atoms with Crippen molar-refractivity contribution in [1.82, 2.24) is 0 Å². The molecule has 5 nitrogen and oxygen atoms in total. The van der Waals surface area contributed by atoms with Crippen molar-refractivity contribution >= 4 is 29.1 Å². The number of nitrogens with zero attached hydrogens (tertiary/aromatic N) is 1. The summed E-state index contributed by atoms with van der Waals surface area (Å²) in [5.74, 6) is 0.786. The molecule has 1 heterocycles. The number of amides is 1. The van der Waals surface area contributed by atoms with E-state index in [2.05, 4.69) is 6.92 Å². The minimum Gasteiger partial charge on any atom is -0.449 e. The third-order valence-corrected chi connectivity index (χ3v) is 6.88. The molecule has 1 aliphatic rings. The van der Waals surface area contributed by atoms with Gasteiger partial charge in [0.15, 0.2) is 0 Å². The fourth-order valence-corrected chi connectivity index (χ4v) is 5.38. The Balaban J connectivity index is 1.90. The molecule has 0 bridgehead atoms. The largest absolute Gasteiger partial charge is 0.512 e. The number of thiophene rings is 1. The van der Waals surface area contributed by atoms with Gasteiger partial charge in [0.1, 0.15) is 0 Å². The van der Waals surface area contributed by atoms with E-state index in [1.54, 1.807) is 4.90 Å². The molecule has 162 valence electrons. The van der Waals surface area contributed by atoms with Gasteiger partial charge in [0.05, 0.1) is 5.69 Å². The molecule has 0 saturated heterocycles. The van der Waals surface area contributed by atoms with Crippen molar-refractivity contribution in [2.75, 3.05) is 4.90 Å². The lowest BCUT2D eigenvalue weighted by Gasteiger charge is -2.34. The van der Waals surface area contributed by atoms with E-state index in [9.17, 15) is 14.7 Å². The molecule has 0 radical (unpaired) electrons. The smallest absolute Gasteiger partial charge is 0.449 e. The summed E-state index contributed by atoms with van der Waals surface area (Å²) in [6.07, 6.45) is 5.04. The van der Waals surface area contributed by atoms with Gasteiger partial charge in [-0.2, -0.15) is 0 Å². The summed E-state index contributed by atoms with van der Waals surface area (Å²) in [4.78, 5) is 27.4. The van der Waals surface area contributed by atoms with Gasteiger partial charge in [-0.05, 0) is 57.1 Å². The van der Waals surface area contributed by atoms with Crippen LogP contribution in [-0.4, -0.2) is 23.2 Å². The van der Waals surface area contributed by atoms with Crippen molar-refractivity contribution in [3.8, 4) is 15.5 Å². The predicted octanol–water partition coefficient (Wildman–Crippen LogP) is 6.82. The summed E-state index contributed by atoms with van der Waals surface area (Å²) in [7, 11) is 0. The Morgan fingerprint density at radius 1 is 1.17 bits per heavy atom. The summed E-state index contributed by atoms with van der Waals surface area (Å²) < 4.78 is 5.11. The molecule has 3 rings (SSSR count). The topological polar surface area (TPSA) is 66.8 Å². The first-order valence-electron chi connectivity index (χ1n) is 10.8. The maximum atomic E-state index is 13.5. The molecule has 6 heteroatoms. The summed E-state index contributed by atoms with van der Waals surface area (Å²) in [5, 5.41) is 9.49. The summed E-state index contributed by atoms with van der Waals surface area (Å²) >= 11 is 1.26. The maximum absolute atomic E-state index is 13.5. The van der Waals surface area contributed by atoms with E-state index in [1.165, 1.54) is 24.2 Å². The molecule has 2 aromatic rings. The van der Waals surface area contributed by atoms with Gasteiger partial charge in [-0.25, -0.2) is 4.79 Å². The van der Waals surface area contributed by atoms with Crippen LogP contribution in [-0.2, 0) is 4.79 Å². The number of hydrogen-bond donors (Lipinski definition) is 1. The van der Waals surface area contributed by atoms with Gasteiger partial charge in [-0.15, -0.1) is 0 Å². The quantitative estimate of drug-likeness (QED) is 0.490. The Kier molecular flexibility index (Phi) is 7.53. The monoisotopic (exact) mass is 429 g/mol. The van der Waals surface area contributed by atoms with Gasteiger partial charge in [-0.1, -0.05) is 61.4 Å². The van der Waals surface area contributed by atoms with Crippen LogP contribution < -0.4 is 9.64 Å². The van der Waals surface area contributed by atoms with Crippen LogP contribution in [0.4, 0.5) is 10.5 Å². The number of ether oxygens (including phenoxy) is 1. The lowest BCUT2D eigenvalue weighted by atomic mass is 9.79. The maximum Gasteiger partial charge on any atom is 0.512 e. The van der Waals surface area contributed by atoms with Crippen LogP contribution in [0.2, 0.25) is 0 Å². The van der Waals surface area contributed by atoms with Gasteiger partial charge >= 0.3 is 6.16 Å². The van der Waals surface area contributed by atoms with Crippen LogP contribution in [0.25, 0.3) is 10.4 Å². The van der Waals surface area contributed by atoms with E-state index in [0.717, 1.165) is 42.0 Å². The van der Waals surface area contributed by atoms with Crippen LogP contribution in [0.5, 0.6) is 5.06 Å². The highest BCUT2D eigenvalue weighted by atomic mass is 32.1. The van der Waals surface area contributed by atoms with Crippen molar-refractivity contribution in [2.45, 2.75) is 65.3 Å². The van der Waals surface area contributed by atoms with E-state index < -0.39 is 6.16 Å². The lowest BCUT2D eigenvalue weighted by Crippen LogP contribution is -2.42. The number of rotatable bonds is 7. The standard InChI is InChI=1S/C24H31NO4S/c1-4-8-17-11-13-19(14-12-17)22(26)25(16(2)3)20-15-21(18-9-6-5-7-10-18)30-23(20)29-24(27)28/h5-7,9-10,15-17,19H,4,8,11-14H2,1-3H3,(H,27,28). The van der Waals surface area contributed by atoms with Crippen molar-refractivity contribution in [1.29, 1.82) is 0 Å². The fraction of sp³-hybridized carbons (Fsp3) is 0.500. The molecule has 1 aromatic carbocycles. The normalized spacial score (nSPS) is 18.9. The van der Waals surface area contributed by atoms with Crippen LogP contribution in [0.3, 0.4) is 0 Å². The number of carbonyl (C=O) groups excluding carboxylic acids is 1. The first kappa shape index (κ1) is 22.3. The molecule has 1 aromatic heterocycles. The number of hydrogen-bond acceptors (Lipinski definition) is 4. The molecule has 30 heavy (non-hydrogen) atoms. The molecule has 1 amide bonds. The van der Waals surface area contributed by atoms with E-state index in [0.29, 0.717) is 5.69 Å². The van der Waals surface area contributed by atoms with Crippen molar-refractivity contribution in [3.05, 3.63) is 36.4 Å². The molecule has 0 unspecified atom stereocenters. The average molecular weight is 430 g/mol. The minimum atomic E-state index is -1.37. The lowest BCUT2D eigenvalue weighted by molar-refractivity contribution is -0.124. The van der Waals surface area contributed by atoms with Crippen LogP contribution in [0, 0.1) is 11.8 Å². The van der Waals surface area contributed by atoms with E-state index in [1.807, 2.05) is 50.2 Å². The van der Waals surface area contributed by atoms with Crippen molar-refractivity contribution < 1.29 is 19.4 Å². The molecule has 0 spiro atoms. The predicted molar refractivity (Wildman–Crippen MR) is 121 cm³/mol. The average Bonchev–Trinajstić information content (AvgIpc) is 3.12. The molecule has 1 fully saturated rings. The van der Waals surface area contributed by atoms with Crippen molar-refractivity contribution in [3.63, 3.8) is 0 Å². The molecule has 1 N–H and O–H groups in total. The SMILES string of the molecule is CCCC1CCC(C(=O)N(c2cc(-c3ccccc3)sc2OC(=O)O)C(C)C)CC1. The first-order chi connectivity index (χ1) is 14.4. The van der Waals surface area contributed by atoms with E-state index >= 15 is 0 Å².